The van der Waals surface area contributed by atoms with Crippen LogP contribution in [0.3, 0.4) is 0 Å². The van der Waals surface area contributed by atoms with Crippen LogP contribution < -0.4 is 0 Å². The molecule has 1 aliphatic heterocycles. The summed E-state index contributed by atoms with van der Waals surface area (Å²) in [6.07, 6.45) is 4.62. The van der Waals surface area contributed by atoms with Crippen LogP contribution in [0, 0.1) is 5.41 Å². The zero-order valence-electron chi connectivity index (χ0n) is 10.3. The molecule has 1 aliphatic rings. The van der Waals surface area contributed by atoms with Crippen molar-refractivity contribution in [3.8, 4) is 0 Å². The summed E-state index contributed by atoms with van der Waals surface area (Å²) in [7, 11) is 0. The van der Waals surface area contributed by atoms with Gasteiger partial charge < -0.3 is 0 Å². The molecule has 0 aromatic carbocycles. The Hall–Kier alpha value is -0.510. The van der Waals surface area contributed by atoms with Gasteiger partial charge in [0.1, 0.15) is 19.3 Å². The predicted molar refractivity (Wildman–Crippen MR) is 69.4 cm³/mol. The van der Waals surface area contributed by atoms with Gasteiger partial charge in [-0.25, -0.2) is 4.99 Å². The summed E-state index contributed by atoms with van der Waals surface area (Å²) in [6, 6.07) is 0. The van der Waals surface area contributed by atoms with E-state index in [1.165, 1.54) is 6.42 Å². The molecule has 3 nitrogen and oxygen atoms in total. The Kier molecular flexibility index (Phi) is 3.82. The van der Waals surface area contributed by atoms with Crippen molar-refractivity contribution < 1.29 is 0 Å². The molecule has 0 aromatic rings. The first-order chi connectivity index (χ1) is 6.79. The second kappa shape index (κ2) is 4.56. The van der Waals surface area contributed by atoms with Crippen molar-refractivity contribution in [1.29, 1.82) is 0 Å². The lowest BCUT2D eigenvalue weighted by Gasteiger charge is -2.34. The third kappa shape index (κ3) is 5.21. The molecule has 0 saturated heterocycles. The fraction of sp³-hybridized carbons (Fsp3) is 0.818. The molecule has 1 heterocycles. The number of rotatable bonds is 3. The van der Waals surface area contributed by atoms with E-state index < -0.39 is 0 Å². The molecular formula is C11H21N3S. The number of aliphatic imine (C=N–C) groups is 2. The predicted octanol–water partition coefficient (Wildman–Crippen LogP) is 3.18. The quantitative estimate of drug-likeness (QED) is 0.693. The Morgan fingerprint density at radius 1 is 1.27 bits per heavy atom. The summed E-state index contributed by atoms with van der Waals surface area (Å²) in [5.41, 5.74) is 0.354. The van der Waals surface area contributed by atoms with Gasteiger partial charge in [0.05, 0.1) is 0 Å². The Bertz CT molecular complexity index is 263. The van der Waals surface area contributed by atoms with Gasteiger partial charge in [-0.1, -0.05) is 20.8 Å². The molecule has 0 spiro atoms. The average molecular weight is 227 g/mol. The van der Waals surface area contributed by atoms with E-state index in [0.29, 0.717) is 12.1 Å². The molecule has 0 amide bonds. The fourth-order valence-electron chi connectivity index (χ4n) is 1.98. The molecule has 0 N–H and O–H groups in total. The molecule has 0 radical (unpaired) electrons. The molecular weight excluding hydrogens is 206 g/mol. The second-order valence-corrected chi connectivity index (χ2v) is 7.47. The Morgan fingerprint density at radius 2 is 1.93 bits per heavy atom. The third-order valence-corrected chi connectivity index (χ3v) is 2.97. The van der Waals surface area contributed by atoms with Crippen molar-refractivity contribution in [1.82, 2.24) is 4.31 Å². The molecule has 0 fully saturated rings. The lowest BCUT2D eigenvalue weighted by Crippen LogP contribution is -2.30. The summed E-state index contributed by atoms with van der Waals surface area (Å²) in [6.45, 7) is 12.1. The highest BCUT2D eigenvalue weighted by molar-refractivity contribution is 7.98. The molecule has 1 rings (SSSR count). The molecule has 15 heavy (non-hydrogen) atoms. The van der Waals surface area contributed by atoms with Crippen LogP contribution in [0.25, 0.3) is 0 Å². The van der Waals surface area contributed by atoms with Gasteiger partial charge in [0.25, 0.3) is 0 Å². The lowest BCUT2D eigenvalue weighted by molar-refractivity contribution is 0.337. The first-order valence-electron chi connectivity index (χ1n) is 5.26. The highest BCUT2D eigenvalue weighted by Gasteiger charge is 2.28. The van der Waals surface area contributed by atoms with E-state index in [0.717, 1.165) is 0 Å². The van der Waals surface area contributed by atoms with Crippen LogP contribution in [0.4, 0.5) is 0 Å². The normalized spacial score (nSPS) is 17.3. The largest absolute Gasteiger partial charge is 0.285 e. The van der Waals surface area contributed by atoms with E-state index in [9.17, 15) is 0 Å². The number of nitrogens with zero attached hydrogens (tertiary/aromatic N) is 3. The maximum absolute atomic E-state index is 4.12. The average Bonchev–Trinajstić information content (AvgIpc) is 1.99. The number of hydrogen-bond acceptors (Lipinski definition) is 4. The Labute approximate surface area is 97.2 Å². The van der Waals surface area contributed by atoms with Crippen LogP contribution in [0.5, 0.6) is 0 Å². The van der Waals surface area contributed by atoms with Gasteiger partial charge in [0, 0.05) is 4.75 Å². The maximum atomic E-state index is 4.12. The molecule has 0 saturated carbocycles. The molecule has 0 unspecified atom stereocenters. The van der Waals surface area contributed by atoms with Gasteiger partial charge in [-0.05, 0) is 37.6 Å². The summed E-state index contributed by atoms with van der Waals surface area (Å²) >= 11 is 1.82. The van der Waals surface area contributed by atoms with E-state index in [4.69, 9.17) is 0 Å². The van der Waals surface area contributed by atoms with Crippen LogP contribution in [0.2, 0.25) is 0 Å². The standard InChI is InChI=1S/C11H21N3S/c1-10(2,3)6-11(4,5)15-14-8-12-7-13-9-14/h7-8H,6,9H2,1-5H3. The summed E-state index contributed by atoms with van der Waals surface area (Å²) in [5.74, 6) is 0. The minimum atomic E-state index is 0.219. The summed E-state index contributed by atoms with van der Waals surface area (Å²) < 4.78 is 2.31. The zero-order valence-corrected chi connectivity index (χ0v) is 11.1. The van der Waals surface area contributed by atoms with Gasteiger partial charge in [-0.15, -0.1) is 0 Å². The van der Waals surface area contributed by atoms with Crippen LogP contribution in [0.15, 0.2) is 9.98 Å². The molecule has 0 aliphatic carbocycles. The molecule has 0 atom stereocenters. The fourth-order valence-corrected chi connectivity index (χ4v) is 3.34. The van der Waals surface area contributed by atoms with Crippen molar-refractivity contribution >= 4 is 24.6 Å². The van der Waals surface area contributed by atoms with Gasteiger partial charge in [-0.3, -0.25) is 9.30 Å². The zero-order chi connectivity index (χ0) is 11.5. The lowest BCUT2D eigenvalue weighted by atomic mass is 9.86. The van der Waals surface area contributed by atoms with Crippen LogP contribution in [0.1, 0.15) is 41.0 Å². The van der Waals surface area contributed by atoms with E-state index in [1.54, 1.807) is 6.34 Å². The van der Waals surface area contributed by atoms with Crippen molar-refractivity contribution in [2.24, 2.45) is 15.4 Å². The Balaban J connectivity index is 2.48. The summed E-state index contributed by atoms with van der Waals surface area (Å²) in [4.78, 5) is 8.15. The second-order valence-electron chi connectivity index (χ2n) is 5.71. The van der Waals surface area contributed by atoms with Crippen molar-refractivity contribution in [2.45, 2.75) is 45.8 Å². The SMILES string of the molecule is CC(C)(C)CC(C)(C)SN1C=NC=NC1. The van der Waals surface area contributed by atoms with Crippen molar-refractivity contribution in [3.05, 3.63) is 0 Å². The smallest absolute Gasteiger partial charge is 0.123 e. The maximum Gasteiger partial charge on any atom is 0.123 e. The molecule has 0 aromatic heterocycles. The van der Waals surface area contributed by atoms with Crippen molar-refractivity contribution in [2.75, 3.05) is 6.67 Å². The first kappa shape index (κ1) is 12.6. The summed E-state index contributed by atoms with van der Waals surface area (Å²) in [5, 5.41) is 0. The van der Waals surface area contributed by atoms with E-state index >= 15 is 0 Å². The minimum absolute atomic E-state index is 0.219. The topological polar surface area (TPSA) is 28.0 Å². The molecule has 86 valence electrons. The van der Waals surface area contributed by atoms with E-state index in [2.05, 4.69) is 48.9 Å². The molecule has 0 bridgehead atoms. The van der Waals surface area contributed by atoms with E-state index in [-0.39, 0.29) is 4.75 Å². The third-order valence-electron chi connectivity index (χ3n) is 1.89. The minimum Gasteiger partial charge on any atom is -0.285 e. The highest BCUT2D eigenvalue weighted by atomic mass is 32.2. The van der Waals surface area contributed by atoms with E-state index in [1.807, 2.05) is 18.3 Å². The van der Waals surface area contributed by atoms with Gasteiger partial charge in [0.15, 0.2) is 0 Å². The Morgan fingerprint density at radius 3 is 2.40 bits per heavy atom. The number of hydrogen-bond donors (Lipinski definition) is 0. The molecule has 4 heteroatoms. The first-order valence-corrected chi connectivity index (χ1v) is 6.03. The van der Waals surface area contributed by atoms with Gasteiger partial charge in [-0.2, -0.15) is 0 Å². The van der Waals surface area contributed by atoms with Crippen LogP contribution in [-0.2, 0) is 0 Å². The highest BCUT2D eigenvalue weighted by Crippen LogP contribution is 2.38. The van der Waals surface area contributed by atoms with Crippen LogP contribution in [-0.4, -0.2) is 28.4 Å². The monoisotopic (exact) mass is 227 g/mol. The van der Waals surface area contributed by atoms with Crippen molar-refractivity contribution in [3.63, 3.8) is 0 Å². The van der Waals surface area contributed by atoms with Crippen LogP contribution >= 0.6 is 11.9 Å². The van der Waals surface area contributed by atoms with Gasteiger partial charge in [0.2, 0.25) is 0 Å². The van der Waals surface area contributed by atoms with Gasteiger partial charge >= 0.3 is 0 Å².